The van der Waals surface area contributed by atoms with Crippen LogP contribution >= 0.6 is 0 Å². The molecule has 0 aromatic heterocycles. The van der Waals surface area contributed by atoms with Gasteiger partial charge in [-0.15, -0.1) is 0 Å². The number of nitrogens with zero attached hydrogens (tertiary/aromatic N) is 3. The second-order valence-electron chi connectivity index (χ2n) is 8.06. The molecule has 2 amide bonds. The van der Waals surface area contributed by atoms with Crippen LogP contribution in [0.5, 0.6) is 11.5 Å². The van der Waals surface area contributed by atoms with Gasteiger partial charge in [0.2, 0.25) is 0 Å². The lowest BCUT2D eigenvalue weighted by Gasteiger charge is -2.30. The molecule has 3 aliphatic heterocycles. The van der Waals surface area contributed by atoms with Crippen molar-refractivity contribution in [2.24, 2.45) is 0 Å². The van der Waals surface area contributed by atoms with Gasteiger partial charge < -0.3 is 19.1 Å². The topological polar surface area (TPSA) is 71.5 Å². The minimum absolute atomic E-state index is 0.190. The molecule has 2 fully saturated rings. The zero-order chi connectivity index (χ0) is 21.8. The average Bonchev–Trinajstić information content (AvgIpc) is 3.07. The summed E-state index contributed by atoms with van der Waals surface area (Å²) in [5, 5.41) is 0. The third-order valence-electron chi connectivity index (χ3n) is 6.23. The fraction of sp³-hybridized carbons (Fsp3) is 0.565. The summed E-state index contributed by atoms with van der Waals surface area (Å²) in [6, 6.07) is 5.40. The van der Waals surface area contributed by atoms with Crippen molar-refractivity contribution in [2.75, 3.05) is 66.7 Å². The second kappa shape index (κ2) is 9.70. The Labute approximate surface area is 183 Å². The minimum atomic E-state index is -0.231. The van der Waals surface area contributed by atoms with Crippen molar-refractivity contribution >= 4 is 17.4 Å². The molecule has 0 atom stereocenters. The Kier molecular flexibility index (Phi) is 6.77. The highest BCUT2D eigenvalue weighted by atomic mass is 16.5. The average molecular weight is 430 g/mol. The van der Waals surface area contributed by atoms with Gasteiger partial charge in [0.05, 0.1) is 33.0 Å². The lowest BCUT2D eigenvalue weighted by atomic mass is 10.0. The first-order chi connectivity index (χ1) is 15.1. The molecule has 0 unspecified atom stereocenters. The summed E-state index contributed by atoms with van der Waals surface area (Å²) in [5.41, 5.74) is 1.68. The molecule has 0 radical (unpaired) electrons. The van der Waals surface area contributed by atoms with Gasteiger partial charge in [-0.3, -0.25) is 19.4 Å². The Hall–Kier alpha value is -2.58. The van der Waals surface area contributed by atoms with Gasteiger partial charge in [-0.25, -0.2) is 0 Å². The van der Waals surface area contributed by atoms with Crippen LogP contribution in [-0.2, 0) is 14.3 Å². The van der Waals surface area contributed by atoms with E-state index in [1.54, 1.807) is 26.4 Å². The Bertz CT molecular complexity index is 857. The number of hydrogen-bond donors (Lipinski definition) is 0. The number of carbonyl (C=O) groups excluding carboxylic acids is 2. The first kappa shape index (κ1) is 21.6. The van der Waals surface area contributed by atoms with E-state index in [2.05, 4.69) is 9.80 Å². The van der Waals surface area contributed by atoms with E-state index >= 15 is 0 Å². The molecule has 0 saturated carbocycles. The Balaban J connectivity index is 1.65. The zero-order valence-electron chi connectivity index (χ0n) is 18.4. The van der Waals surface area contributed by atoms with Gasteiger partial charge in [-0.2, -0.15) is 0 Å². The van der Waals surface area contributed by atoms with Crippen LogP contribution in [0.15, 0.2) is 23.9 Å². The normalized spacial score (nSPS) is 20.6. The van der Waals surface area contributed by atoms with Gasteiger partial charge in [-0.1, -0.05) is 6.07 Å². The quantitative estimate of drug-likeness (QED) is 0.610. The number of carbonyl (C=O) groups is 2. The predicted octanol–water partition coefficient (Wildman–Crippen LogP) is 1.60. The Morgan fingerprint density at radius 2 is 1.58 bits per heavy atom. The van der Waals surface area contributed by atoms with E-state index in [-0.39, 0.29) is 11.8 Å². The molecule has 3 aliphatic rings. The standard InChI is InChI=1S/C23H31N3O5/c1-29-18-7-6-17(16-19(18)30-2)20-21(25-8-4-3-5-9-25)23(28)26(22(20)27)11-10-24-12-14-31-15-13-24/h6-7,16H,3-5,8-15H2,1-2H3. The highest BCUT2D eigenvalue weighted by Crippen LogP contribution is 2.37. The summed E-state index contributed by atoms with van der Waals surface area (Å²) in [5.74, 6) is 0.709. The predicted molar refractivity (Wildman–Crippen MR) is 116 cm³/mol. The van der Waals surface area contributed by atoms with E-state index in [1.165, 1.54) is 4.90 Å². The van der Waals surface area contributed by atoms with Crippen LogP contribution in [0.3, 0.4) is 0 Å². The number of methoxy groups -OCH3 is 2. The molecule has 31 heavy (non-hydrogen) atoms. The molecular formula is C23H31N3O5. The van der Waals surface area contributed by atoms with Gasteiger partial charge in [0.15, 0.2) is 11.5 Å². The number of morpholine rings is 1. The molecule has 8 nitrogen and oxygen atoms in total. The molecule has 0 aliphatic carbocycles. The van der Waals surface area contributed by atoms with Crippen LogP contribution < -0.4 is 9.47 Å². The first-order valence-electron chi connectivity index (χ1n) is 11.0. The van der Waals surface area contributed by atoms with E-state index in [1.807, 2.05) is 6.07 Å². The van der Waals surface area contributed by atoms with Crippen molar-refractivity contribution < 1.29 is 23.8 Å². The van der Waals surface area contributed by atoms with E-state index in [4.69, 9.17) is 14.2 Å². The molecule has 3 heterocycles. The molecule has 0 bridgehead atoms. The number of imide groups is 1. The van der Waals surface area contributed by atoms with Crippen LogP contribution in [-0.4, -0.2) is 93.2 Å². The maximum Gasteiger partial charge on any atom is 0.277 e. The monoisotopic (exact) mass is 429 g/mol. The summed E-state index contributed by atoms with van der Waals surface area (Å²) < 4.78 is 16.2. The van der Waals surface area contributed by atoms with Crippen molar-refractivity contribution in [1.29, 1.82) is 0 Å². The third-order valence-corrected chi connectivity index (χ3v) is 6.23. The number of piperidine rings is 1. The highest BCUT2D eigenvalue weighted by Gasteiger charge is 2.42. The number of rotatable bonds is 7. The Morgan fingerprint density at radius 1 is 0.871 bits per heavy atom. The summed E-state index contributed by atoms with van der Waals surface area (Å²) in [4.78, 5) is 32.7. The lowest BCUT2D eigenvalue weighted by Crippen LogP contribution is -2.44. The number of benzene rings is 1. The number of ether oxygens (including phenoxy) is 3. The SMILES string of the molecule is COc1ccc(C2=C(N3CCCCC3)C(=O)N(CCN3CCOCC3)C2=O)cc1OC. The summed E-state index contributed by atoms with van der Waals surface area (Å²) in [7, 11) is 3.14. The van der Waals surface area contributed by atoms with Gasteiger partial charge >= 0.3 is 0 Å². The molecule has 4 rings (SSSR count). The maximum atomic E-state index is 13.5. The lowest BCUT2D eigenvalue weighted by molar-refractivity contribution is -0.138. The van der Waals surface area contributed by atoms with Crippen molar-refractivity contribution in [2.45, 2.75) is 19.3 Å². The number of amides is 2. The van der Waals surface area contributed by atoms with E-state index in [0.29, 0.717) is 54.6 Å². The van der Waals surface area contributed by atoms with Gasteiger partial charge in [0.1, 0.15) is 5.70 Å². The third kappa shape index (κ3) is 4.41. The van der Waals surface area contributed by atoms with Crippen LogP contribution in [0.25, 0.3) is 5.57 Å². The van der Waals surface area contributed by atoms with Gasteiger partial charge in [-0.05, 0) is 37.0 Å². The fourth-order valence-corrected chi connectivity index (χ4v) is 4.50. The first-order valence-corrected chi connectivity index (χ1v) is 11.0. The molecular weight excluding hydrogens is 398 g/mol. The van der Waals surface area contributed by atoms with Gasteiger partial charge in [0, 0.05) is 39.3 Å². The van der Waals surface area contributed by atoms with Gasteiger partial charge in [0.25, 0.3) is 11.8 Å². The maximum absolute atomic E-state index is 13.5. The molecule has 0 spiro atoms. The molecule has 168 valence electrons. The zero-order valence-corrected chi connectivity index (χ0v) is 18.4. The van der Waals surface area contributed by atoms with Crippen LogP contribution in [0.1, 0.15) is 24.8 Å². The fourth-order valence-electron chi connectivity index (χ4n) is 4.50. The Morgan fingerprint density at radius 3 is 2.26 bits per heavy atom. The summed E-state index contributed by atoms with van der Waals surface area (Å²) in [6.07, 6.45) is 3.20. The molecule has 1 aromatic rings. The van der Waals surface area contributed by atoms with Crippen molar-refractivity contribution in [1.82, 2.24) is 14.7 Å². The summed E-state index contributed by atoms with van der Waals surface area (Å²) >= 11 is 0. The van der Waals surface area contributed by atoms with Crippen molar-refractivity contribution in [3.8, 4) is 11.5 Å². The smallest absolute Gasteiger partial charge is 0.277 e. The molecule has 1 aromatic carbocycles. The van der Waals surface area contributed by atoms with E-state index < -0.39 is 0 Å². The number of hydrogen-bond acceptors (Lipinski definition) is 7. The molecule has 0 N–H and O–H groups in total. The van der Waals surface area contributed by atoms with Crippen LogP contribution in [0.2, 0.25) is 0 Å². The largest absolute Gasteiger partial charge is 0.493 e. The second-order valence-corrected chi connectivity index (χ2v) is 8.06. The molecule has 2 saturated heterocycles. The van der Waals surface area contributed by atoms with Crippen LogP contribution in [0, 0.1) is 0 Å². The van der Waals surface area contributed by atoms with E-state index in [0.717, 1.165) is 45.4 Å². The summed E-state index contributed by atoms with van der Waals surface area (Å²) in [6.45, 7) is 5.66. The highest BCUT2D eigenvalue weighted by molar-refractivity contribution is 6.35. The van der Waals surface area contributed by atoms with Crippen molar-refractivity contribution in [3.63, 3.8) is 0 Å². The molecule has 8 heteroatoms. The van der Waals surface area contributed by atoms with Crippen molar-refractivity contribution in [3.05, 3.63) is 29.5 Å². The van der Waals surface area contributed by atoms with E-state index in [9.17, 15) is 9.59 Å². The minimum Gasteiger partial charge on any atom is -0.493 e. The van der Waals surface area contributed by atoms with Crippen LogP contribution in [0.4, 0.5) is 0 Å². The number of likely N-dealkylation sites (tertiary alicyclic amines) is 1.